The molecular formula is C16H25NS2. The van der Waals surface area contributed by atoms with Gasteiger partial charge in [0.15, 0.2) is 0 Å². The van der Waals surface area contributed by atoms with Gasteiger partial charge in [0.2, 0.25) is 0 Å². The number of rotatable bonds is 4. The lowest BCUT2D eigenvalue weighted by Crippen LogP contribution is -2.28. The minimum absolute atomic E-state index is 0.630. The molecule has 0 radical (unpaired) electrons. The highest BCUT2D eigenvalue weighted by molar-refractivity contribution is 7.98. The van der Waals surface area contributed by atoms with Crippen molar-refractivity contribution in [2.75, 3.05) is 12.3 Å². The lowest BCUT2D eigenvalue weighted by atomic mass is 9.83. The molecule has 1 aliphatic carbocycles. The second-order valence-corrected chi connectivity index (χ2v) is 8.11. The Kier molecular flexibility index (Phi) is 4.88. The molecule has 0 saturated heterocycles. The van der Waals surface area contributed by atoms with Crippen LogP contribution in [-0.4, -0.2) is 12.3 Å². The van der Waals surface area contributed by atoms with Crippen LogP contribution < -0.4 is 5.32 Å². The van der Waals surface area contributed by atoms with Gasteiger partial charge in [-0.2, -0.15) is 11.8 Å². The summed E-state index contributed by atoms with van der Waals surface area (Å²) in [6, 6.07) is 3.15. The zero-order valence-electron chi connectivity index (χ0n) is 11.9. The Labute approximate surface area is 125 Å². The van der Waals surface area contributed by atoms with Crippen LogP contribution in [0.2, 0.25) is 0 Å². The van der Waals surface area contributed by atoms with Crippen molar-refractivity contribution < 1.29 is 0 Å². The lowest BCUT2D eigenvalue weighted by molar-refractivity contribution is 0.277. The predicted molar refractivity (Wildman–Crippen MR) is 87.2 cm³/mol. The molecule has 1 unspecified atom stereocenters. The van der Waals surface area contributed by atoms with E-state index in [2.05, 4.69) is 41.4 Å². The summed E-state index contributed by atoms with van der Waals surface area (Å²) in [4.78, 5) is 3.30. The summed E-state index contributed by atoms with van der Waals surface area (Å²) in [7, 11) is 0. The smallest absolute Gasteiger partial charge is 0.0443 e. The van der Waals surface area contributed by atoms with E-state index in [9.17, 15) is 0 Å². The first kappa shape index (κ1) is 14.0. The summed E-state index contributed by atoms with van der Waals surface area (Å²) in [6.45, 7) is 3.34. The minimum atomic E-state index is 0.630. The van der Waals surface area contributed by atoms with E-state index in [0.717, 1.165) is 12.5 Å². The molecule has 2 aliphatic rings. The van der Waals surface area contributed by atoms with E-state index in [1.54, 1.807) is 15.3 Å². The first-order valence-corrected chi connectivity index (χ1v) is 9.78. The number of fused-ring (bicyclic) bond motifs is 1. The number of thiophene rings is 1. The van der Waals surface area contributed by atoms with Gasteiger partial charge in [-0.15, -0.1) is 11.3 Å². The van der Waals surface area contributed by atoms with E-state index in [4.69, 9.17) is 0 Å². The van der Waals surface area contributed by atoms with Gasteiger partial charge in [0, 0.05) is 21.5 Å². The van der Waals surface area contributed by atoms with Crippen molar-refractivity contribution in [2.24, 2.45) is 5.92 Å². The normalized spacial score (nSPS) is 22.2. The van der Waals surface area contributed by atoms with Gasteiger partial charge in [-0.25, -0.2) is 0 Å². The fourth-order valence-corrected chi connectivity index (χ4v) is 6.06. The van der Waals surface area contributed by atoms with Gasteiger partial charge < -0.3 is 5.32 Å². The van der Waals surface area contributed by atoms with Crippen LogP contribution in [0.15, 0.2) is 6.07 Å². The molecule has 106 valence electrons. The molecule has 1 saturated carbocycles. The van der Waals surface area contributed by atoms with Crippen LogP contribution in [0.5, 0.6) is 0 Å². The zero-order chi connectivity index (χ0) is 13.1. The van der Waals surface area contributed by atoms with Crippen LogP contribution >= 0.6 is 23.1 Å². The summed E-state index contributed by atoms with van der Waals surface area (Å²) in [6.07, 6.45) is 8.48. The highest BCUT2D eigenvalue weighted by Crippen LogP contribution is 2.40. The maximum absolute atomic E-state index is 3.78. The van der Waals surface area contributed by atoms with Crippen LogP contribution in [0.4, 0.5) is 0 Å². The van der Waals surface area contributed by atoms with Gasteiger partial charge in [-0.3, -0.25) is 0 Å². The molecule has 1 aliphatic heterocycles. The second-order valence-electron chi connectivity index (χ2n) is 5.83. The van der Waals surface area contributed by atoms with Gasteiger partial charge in [0.25, 0.3) is 0 Å². The molecule has 0 aromatic carbocycles. The monoisotopic (exact) mass is 295 g/mol. The largest absolute Gasteiger partial charge is 0.309 e. The van der Waals surface area contributed by atoms with Crippen molar-refractivity contribution in [1.82, 2.24) is 5.32 Å². The average molecular weight is 296 g/mol. The molecular weight excluding hydrogens is 270 g/mol. The molecule has 1 atom stereocenters. The van der Waals surface area contributed by atoms with Crippen LogP contribution in [0, 0.1) is 5.92 Å². The highest BCUT2D eigenvalue weighted by atomic mass is 32.2. The third kappa shape index (κ3) is 3.20. The quantitative estimate of drug-likeness (QED) is 0.859. The second kappa shape index (κ2) is 6.64. The van der Waals surface area contributed by atoms with E-state index in [-0.39, 0.29) is 0 Å². The first-order valence-electron chi connectivity index (χ1n) is 7.81. The summed E-state index contributed by atoms with van der Waals surface area (Å²) < 4.78 is 0. The molecule has 2 heterocycles. The number of aryl methyl sites for hydroxylation is 1. The van der Waals surface area contributed by atoms with Gasteiger partial charge >= 0.3 is 0 Å². The maximum atomic E-state index is 3.78. The molecule has 1 N–H and O–H groups in total. The summed E-state index contributed by atoms with van der Waals surface area (Å²) in [5, 5.41) is 3.78. The van der Waals surface area contributed by atoms with E-state index < -0.39 is 0 Å². The number of hydrogen-bond donors (Lipinski definition) is 1. The third-order valence-corrected chi connectivity index (χ3v) is 6.83. The Morgan fingerprint density at radius 3 is 2.89 bits per heavy atom. The molecule has 19 heavy (non-hydrogen) atoms. The zero-order valence-corrected chi connectivity index (χ0v) is 13.5. The van der Waals surface area contributed by atoms with Crippen LogP contribution in [-0.2, 0) is 12.2 Å². The van der Waals surface area contributed by atoms with Gasteiger partial charge in [0.05, 0.1) is 0 Å². The van der Waals surface area contributed by atoms with Crippen molar-refractivity contribution in [2.45, 2.75) is 57.2 Å². The SMILES string of the molecule is CCNC(c1cc2c(s1)CCSC2)C1CCCCC1. The Morgan fingerprint density at radius 1 is 1.32 bits per heavy atom. The van der Waals surface area contributed by atoms with E-state index in [0.29, 0.717) is 6.04 Å². The average Bonchev–Trinajstić information content (AvgIpc) is 2.89. The Morgan fingerprint density at radius 2 is 2.16 bits per heavy atom. The molecule has 1 aromatic heterocycles. The molecule has 1 fully saturated rings. The van der Waals surface area contributed by atoms with Gasteiger partial charge in [-0.05, 0) is 49.1 Å². The van der Waals surface area contributed by atoms with E-state index >= 15 is 0 Å². The summed E-state index contributed by atoms with van der Waals surface area (Å²) in [5.74, 6) is 3.44. The lowest BCUT2D eigenvalue weighted by Gasteiger charge is -2.30. The van der Waals surface area contributed by atoms with Gasteiger partial charge in [0.1, 0.15) is 0 Å². The Bertz CT molecular complexity index is 383. The molecule has 0 spiro atoms. The van der Waals surface area contributed by atoms with E-state index in [1.165, 1.54) is 50.0 Å². The Hall–Kier alpha value is 0.01000. The van der Waals surface area contributed by atoms with Crippen molar-refractivity contribution in [3.8, 4) is 0 Å². The van der Waals surface area contributed by atoms with E-state index in [1.807, 2.05) is 0 Å². The van der Waals surface area contributed by atoms with Crippen molar-refractivity contribution in [3.05, 3.63) is 21.4 Å². The predicted octanol–water partition coefficient (Wildman–Crippen LogP) is 4.77. The fraction of sp³-hybridized carbons (Fsp3) is 0.750. The van der Waals surface area contributed by atoms with Crippen molar-refractivity contribution in [1.29, 1.82) is 0 Å². The van der Waals surface area contributed by atoms with Crippen LogP contribution in [0.1, 0.15) is 60.4 Å². The van der Waals surface area contributed by atoms with Gasteiger partial charge in [-0.1, -0.05) is 26.2 Å². The number of hydrogen-bond acceptors (Lipinski definition) is 3. The Balaban J connectivity index is 1.80. The standard InChI is InChI=1S/C16H25NS2/c1-2-17-16(12-6-4-3-5-7-12)15-10-13-11-18-9-8-14(13)19-15/h10,12,16-17H,2-9,11H2,1H3. The highest BCUT2D eigenvalue weighted by Gasteiger charge is 2.27. The van der Waals surface area contributed by atoms with Crippen molar-refractivity contribution >= 4 is 23.1 Å². The number of thioether (sulfide) groups is 1. The molecule has 1 aromatic rings. The molecule has 0 bridgehead atoms. The van der Waals surface area contributed by atoms with Crippen LogP contribution in [0.25, 0.3) is 0 Å². The van der Waals surface area contributed by atoms with Crippen molar-refractivity contribution in [3.63, 3.8) is 0 Å². The molecule has 1 nitrogen and oxygen atoms in total. The number of nitrogens with one attached hydrogen (secondary N) is 1. The summed E-state index contributed by atoms with van der Waals surface area (Å²) >= 11 is 4.20. The third-order valence-electron chi connectivity index (χ3n) is 4.50. The first-order chi connectivity index (χ1) is 9.38. The topological polar surface area (TPSA) is 12.0 Å². The molecule has 0 amide bonds. The summed E-state index contributed by atoms with van der Waals surface area (Å²) in [5.41, 5.74) is 1.63. The van der Waals surface area contributed by atoms with Crippen LogP contribution in [0.3, 0.4) is 0 Å². The minimum Gasteiger partial charge on any atom is -0.309 e. The molecule has 3 heteroatoms. The fourth-order valence-electron chi connectivity index (χ4n) is 3.51. The maximum Gasteiger partial charge on any atom is 0.0443 e. The molecule has 3 rings (SSSR count).